The highest BCUT2D eigenvalue weighted by Gasteiger charge is 2.47. The minimum Gasteiger partial charge on any atom is -0.448 e. The van der Waals surface area contributed by atoms with Crippen molar-refractivity contribution < 1.29 is 9.47 Å². The van der Waals surface area contributed by atoms with Gasteiger partial charge in [0, 0.05) is 17.3 Å². The zero-order chi connectivity index (χ0) is 11.9. The second-order valence-electron chi connectivity index (χ2n) is 4.75. The molecule has 1 aromatic rings. The van der Waals surface area contributed by atoms with Crippen LogP contribution in [-0.2, 0) is 6.42 Å². The van der Waals surface area contributed by atoms with E-state index in [9.17, 15) is 0 Å². The number of halogens is 1. The third-order valence-corrected chi connectivity index (χ3v) is 4.21. The van der Waals surface area contributed by atoms with Crippen LogP contribution in [0, 0.1) is 0 Å². The number of fused-ring (bicyclic) bond motifs is 1. The molecular formula is C13H16BrNO2. The minimum absolute atomic E-state index is 0.339. The Balaban J connectivity index is 1.85. The molecule has 92 valence electrons. The number of ether oxygens (including phenoxy) is 2. The van der Waals surface area contributed by atoms with Gasteiger partial charge in [0.1, 0.15) is 0 Å². The average molecular weight is 298 g/mol. The average Bonchev–Trinajstić information content (AvgIpc) is 2.64. The summed E-state index contributed by atoms with van der Waals surface area (Å²) in [5.74, 6) is 1.42. The zero-order valence-electron chi connectivity index (χ0n) is 9.67. The molecule has 1 saturated carbocycles. The smallest absolute Gasteiger partial charge is 0.251 e. The summed E-state index contributed by atoms with van der Waals surface area (Å²) in [6.45, 7) is 0.713. The molecule has 4 heteroatoms. The van der Waals surface area contributed by atoms with Gasteiger partial charge in [-0.1, -0.05) is 15.9 Å². The number of hydrogen-bond donors (Lipinski definition) is 1. The lowest BCUT2D eigenvalue weighted by molar-refractivity contribution is -0.138. The fraction of sp³-hybridized carbons (Fsp3) is 0.538. The Morgan fingerprint density at radius 2 is 1.94 bits per heavy atom. The number of hydrogen-bond acceptors (Lipinski definition) is 3. The molecule has 0 radical (unpaired) electrons. The number of aryl methyl sites for hydroxylation is 1. The minimum atomic E-state index is -0.339. The molecule has 2 N–H and O–H groups in total. The summed E-state index contributed by atoms with van der Waals surface area (Å²) >= 11 is 3.58. The Morgan fingerprint density at radius 1 is 1.24 bits per heavy atom. The summed E-state index contributed by atoms with van der Waals surface area (Å²) in [4.78, 5) is 0. The Morgan fingerprint density at radius 3 is 2.53 bits per heavy atom. The highest BCUT2D eigenvalue weighted by molar-refractivity contribution is 9.10. The van der Waals surface area contributed by atoms with Crippen molar-refractivity contribution in [3.8, 4) is 11.5 Å². The predicted molar refractivity (Wildman–Crippen MR) is 69.4 cm³/mol. The molecule has 0 bridgehead atoms. The lowest BCUT2D eigenvalue weighted by atomic mass is 9.91. The number of nitrogens with two attached hydrogens (primary N) is 1. The van der Waals surface area contributed by atoms with E-state index in [1.807, 2.05) is 6.07 Å². The van der Waals surface area contributed by atoms with Crippen LogP contribution in [0.4, 0.5) is 0 Å². The van der Waals surface area contributed by atoms with Crippen LogP contribution in [0.2, 0.25) is 0 Å². The van der Waals surface area contributed by atoms with Gasteiger partial charge in [-0.25, -0.2) is 0 Å². The third-order valence-electron chi connectivity index (χ3n) is 3.47. The molecule has 1 aliphatic carbocycles. The van der Waals surface area contributed by atoms with E-state index >= 15 is 0 Å². The zero-order valence-corrected chi connectivity index (χ0v) is 11.3. The summed E-state index contributed by atoms with van der Waals surface area (Å²) < 4.78 is 12.9. The first-order chi connectivity index (χ1) is 8.22. The molecule has 1 fully saturated rings. The van der Waals surface area contributed by atoms with Crippen molar-refractivity contribution in [2.75, 3.05) is 6.54 Å². The fourth-order valence-electron chi connectivity index (χ4n) is 2.31. The number of benzene rings is 1. The van der Waals surface area contributed by atoms with Crippen LogP contribution in [0.15, 0.2) is 16.6 Å². The maximum absolute atomic E-state index is 5.93. The molecule has 3 nitrogen and oxygen atoms in total. The van der Waals surface area contributed by atoms with E-state index in [2.05, 4.69) is 22.0 Å². The van der Waals surface area contributed by atoms with Crippen molar-refractivity contribution in [1.29, 1.82) is 0 Å². The van der Waals surface area contributed by atoms with E-state index in [0.717, 1.165) is 41.7 Å². The lowest BCUT2D eigenvalue weighted by Gasteiger charge is -2.35. The van der Waals surface area contributed by atoms with Crippen LogP contribution in [0.3, 0.4) is 0 Å². The van der Waals surface area contributed by atoms with Gasteiger partial charge in [-0.15, -0.1) is 0 Å². The topological polar surface area (TPSA) is 44.5 Å². The molecule has 0 unspecified atom stereocenters. The molecular weight excluding hydrogens is 282 g/mol. The third kappa shape index (κ3) is 1.93. The van der Waals surface area contributed by atoms with Gasteiger partial charge >= 0.3 is 0 Å². The van der Waals surface area contributed by atoms with Gasteiger partial charge in [-0.3, -0.25) is 0 Å². The van der Waals surface area contributed by atoms with Crippen LogP contribution < -0.4 is 15.2 Å². The number of rotatable bonds is 3. The van der Waals surface area contributed by atoms with Crippen molar-refractivity contribution in [2.45, 2.75) is 37.9 Å². The first kappa shape index (κ1) is 11.4. The first-order valence-electron chi connectivity index (χ1n) is 6.13. The summed E-state index contributed by atoms with van der Waals surface area (Å²) in [7, 11) is 0. The van der Waals surface area contributed by atoms with Crippen LogP contribution >= 0.6 is 15.9 Å². The van der Waals surface area contributed by atoms with E-state index < -0.39 is 0 Å². The van der Waals surface area contributed by atoms with E-state index in [0.29, 0.717) is 6.54 Å². The van der Waals surface area contributed by atoms with Crippen molar-refractivity contribution in [2.24, 2.45) is 5.73 Å². The van der Waals surface area contributed by atoms with Crippen molar-refractivity contribution in [3.63, 3.8) is 0 Å². The summed E-state index contributed by atoms with van der Waals surface area (Å²) in [6.07, 6.45) is 5.15. The molecule has 3 rings (SSSR count). The fourth-order valence-corrected chi connectivity index (χ4v) is 2.83. The quantitative estimate of drug-likeness (QED) is 0.933. The van der Waals surface area contributed by atoms with E-state index in [1.54, 1.807) is 0 Å². The summed E-state index contributed by atoms with van der Waals surface area (Å²) in [5.41, 5.74) is 6.79. The first-order valence-corrected chi connectivity index (χ1v) is 6.92. The van der Waals surface area contributed by atoms with Gasteiger partial charge < -0.3 is 15.2 Å². The van der Waals surface area contributed by atoms with Crippen LogP contribution in [-0.4, -0.2) is 12.3 Å². The molecule has 2 aliphatic rings. The van der Waals surface area contributed by atoms with Gasteiger partial charge in [0.25, 0.3) is 5.79 Å². The summed E-state index contributed by atoms with van der Waals surface area (Å²) in [5, 5.41) is 0. The molecule has 1 spiro atoms. The standard InChI is InChI=1S/C13H16BrNO2/c14-10-8-12-11(7-9(10)3-1-6-15)16-13(17-12)4-2-5-13/h7-8H,1-6,15H2. The van der Waals surface area contributed by atoms with Crippen LogP contribution in [0.5, 0.6) is 11.5 Å². The molecule has 0 atom stereocenters. The van der Waals surface area contributed by atoms with E-state index in [-0.39, 0.29) is 5.79 Å². The molecule has 1 heterocycles. The molecule has 1 aliphatic heterocycles. The van der Waals surface area contributed by atoms with Crippen LogP contribution in [0.25, 0.3) is 0 Å². The van der Waals surface area contributed by atoms with Crippen molar-refractivity contribution in [1.82, 2.24) is 0 Å². The Labute approximate surface area is 109 Å². The largest absolute Gasteiger partial charge is 0.448 e. The van der Waals surface area contributed by atoms with E-state index in [1.165, 1.54) is 12.0 Å². The SMILES string of the molecule is NCCCc1cc2c(cc1Br)OC1(CCC1)O2. The Kier molecular flexibility index (Phi) is 2.79. The van der Waals surface area contributed by atoms with Gasteiger partial charge in [0.05, 0.1) is 0 Å². The van der Waals surface area contributed by atoms with Gasteiger partial charge in [-0.05, 0) is 43.5 Å². The van der Waals surface area contributed by atoms with Gasteiger partial charge in [0.15, 0.2) is 11.5 Å². The van der Waals surface area contributed by atoms with E-state index in [4.69, 9.17) is 15.2 Å². The van der Waals surface area contributed by atoms with Crippen molar-refractivity contribution >= 4 is 15.9 Å². The van der Waals surface area contributed by atoms with Gasteiger partial charge in [-0.2, -0.15) is 0 Å². The lowest BCUT2D eigenvalue weighted by Crippen LogP contribution is -2.45. The Hall–Kier alpha value is -0.740. The highest BCUT2D eigenvalue weighted by Crippen LogP contribution is 2.49. The molecule has 1 aromatic carbocycles. The van der Waals surface area contributed by atoms with Crippen molar-refractivity contribution in [3.05, 3.63) is 22.2 Å². The maximum Gasteiger partial charge on any atom is 0.251 e. The van der Waals surface area contributed by atoms with Gasteiger partial charge in [0.2, 0.25) is 0 Å². The molecule has 0 amide bonds. The predicted octanol–water partition coefficient (Wildman–Crippen LogP) is 2.99. The Bertz CT molecular complexity index is 443. The highest BCUT2D eigenvalue weighted by atomic mass is 79.9. The monoisotopic (exact) mass is 297 g/mol. The molecule has 17 heavy (non-hydrogen) atoms. The second kappa shape index (κ2) is 4.18. The molecule has 0 saturated heterocycles. The normalized spacial score (nSPS) is 19.4. The molecule has 0 aromatic heterocycles. The van der Waals surface area contributed by atoms with Crippen LogP contribution in [0.1, 0.15) is 31.2 Å². The maximum atomic E-state index is 5.93. The second-order valence-corrected chi connectivity index (χ2v) is 5.61. The summed E-state index contributed by atoms with van der Waals surface area (Å²) in [6, 6.07) is 4.11.